The molecule has 0 aliphatic carbocycles. The van der Waals surface area contributed by atoms with E-state index in [0.717, 1.165) is 11.3 Å². The third-order valence-corrected chi connectivity index (χ3v) is 3.99. The van der Waals surface area contributed by atoms with E-state index in [-0.39, 0.29) is 12.3 Å². The van der Waals surface area contributed by atoms with Crippen molar-refractivity contribution >= 4 is 23.2 Å². The summed E-state index contributed by atoms with van der Waals surface area (Å²) in [5.74, 6) is -1.31. The third-order valence-electron chi connectivity index (χ3n) is 3.14. The summed E-state index contributed by atoms with van der Waals surface area (Å²) in [7, 11) is 0. The molecule has 2 N–H and O–H groups in total. The fourth-order valence-corrected chi connectivity index (χ4v) is 2.86. The number of rotatable bonds is 7. The number of hydrogen-bond acceptors (Lipinski definition) is 4. The lowest BCUT2D eigenvalue weighted by Gasteiger charge is -2.12. The van der Waals surface area contributed by atoms with Crippen molar-refractivity contribution < 1.29 is 14.7 Å². The summed E-state index contributed by atoms with van der Waals surface area (Å²) in [6.45, 7) is 1.88. The van der Waals surface area contributed by atoms with Gasteiger partial charge in [0.15, 0.2) is 0 Å². The van der Waals surface area contributed by atoms with Gasteiger partial charge in [0.1, 0.15) is 11.0 Å². The Morgan fingerprint density at radius 1 is 1.32 bits per heavy atom. The Morgan fingerprint density at radius 3 is 2.68 bits per heavy atom. The molecule has 6 heteroatoms. The second-order valence-electron chi connectivity index (χ2n) is 4.92. The van der Waals surface area contributed by atoms with Crippen molar-refractivity contribution in [1.82, 2.24) is 10.3 Å². The zero-order chi connectivity index (χ0) is 15.9. The molecule has 22 heavy (non-hydrogen) atoms. The zero-order valence-corrected chi connectivity index (χ0v) is 13.1. The van der Waals surface area contributed by atoms with E-state index in [9.17, 15) is 9.59 Å². The van der Waals surface area contributed by atoms with Crippen LogP contribution in [-0.4, -0.2) is 28.0 Å². The normalized spacial score (nSPS) is 11.9. The van der Waals surface area contributed by atoms with Crippen LogP contribution < -0.4 is 5.32 Å². The Kier molecular flexibility index (Phi) is 5.66. The minimum atomic E-state index is -1.00. The molecule has 0 radical (unpaired) electrons. The summed E-state index contributed by atoms with van der Waals surface area (Å²) in [6, 6.07) is 8.89. The summed E-state index contributed by atoms with van der Waals surface area (Å²) in [5, 5.41) is 14.2. The first-order chi connectivity index (χ1) is 10.6. The number of aromatic nitrogens is 1. The summed E-state index contributed by atoms with van der Waals surface area (Å²) in [5.41, 5.74) is 1.83. The van der Waals surface area contributed by atoms with Gasteiger partial charge in [0.05, 0.1) is 12.1 Å². The lowest BCUT2D eigenvalue weighted by Crippen LogP contribution is -2.41. The Bertz CT molecular complexity index is 640. The van der Waals surface area contributed by atoms with Crippen LogP contribution >= 0.6 is 11.3 Å². The average Bonchev–Trinajstić information content (AvgIpc) is 2.96. The van der Waals surface area contributed by atoms with Crippen molar-refractivity contribution in [3.63, 3.8) is 0 Å². The smallest absolute Gasteiger partial charge is 0.326 e. The second-order valence-corrected chi connectivity index (χ2v) is 5.86. The van der Waals surface area contributed by atoms with Gasteiger partial charge in [-0.2, -0.15) is 0 Å². The van der Waals surface area contributed by atoms with Crippen LogP contribution in [-0.2, 0) is 16.0 Å². The highest BCUT2D eigenvalue weighted by Gasteiger charge is 2.19. The zero-order valence-electron chi connectivity index (χ0n) is 12.3. The molecule has 0 fully saturated rings. The second kappa shape index (κ2) is 7.70. The molecule has 0 bridgehead atoms. The van der Waals surface area contributed by atoms with Crippen LogP contribution in [0.4, 0.5) is 0 Å². The Balaban J connectivity index is 1.98. The number of carbonyl (C=O) groups excluding carboxylic acids is 1. The number of thiazole rings is 1. The maximum Gasteiger partial charge on any atom is 0.326 e. The predicted molar refractivity (Wildman–Crippen MR) is 85.7 cm³/mol. The van der Waals surface area contributed by atoms with E-state index in [1.807, 2.05) is 42.6 Å². The SMILES string of the molecule is CCCC(NC(=O)Cc1nc(-c2ccccc2)cs1)C(=O)O. The van der Waals surface area contributed by atoms with Crippen LogP contribution in [0.5, 0.6) is 0 Å². The fourth-order valence-electron chi connectivity index (χ4n) is 2.06. The van der Waals surface area contributed by atoms with E-state index in [2.05, 4.69) is 10.3 Å². The Morgan fingerprint density at radius 2 is 2.05 bits per heavy atom. The third kappa shape index (κ3) is 4.39. The standard InChI is InChI=1S/C16H18N2O3S/c1-2-6-12(16(20)21)17-14(19)9-15-18-13(10-22-15)11-7-4-3-5-8-11/h3-5,7-8,10,12H,2,6,9H2,1H3,(H,17,19)(H,20,21). The maximum absolute atomic E-state index is 11.9. The molecule has 0 saturated carbocycles. The number of amides is 1. The summed E-state index contributed by atoms with van der Waals surface area (Å²) < 4.78 is 0. The number of hydrogen-bond donors (Lipinski definition) is 2. The highest BCUT2D eigenvalue weighted by atomic mass is 32.1. The fraction of sp³-hybridized carbons (Fsp3) is 0.312. The van der Waals surface area contributed by atoms with Crippen LogP contribution in [0.3, 0.4) is 0 Å². The van der Waals surface area contributed by atoms with Crippen molar-refractivity contribution in [2.24, 2.45) is 0 Å². The monoisotopic (exact) mass is 318 g/mol. The van der Waals surface area contributed by atoms with Crippen molar-refractivity contribution in [3.8, 4) is 11.3 Å². The molecule has 1 amide bonds. The van der Waals surface area contributed by atoms with Gasteiger partial charge in [0.2, 0.25) is 5.91 Å². The molecule has 1 aromatic heterocycles. The van der Waals surface area contributed by atoms with Gasteiger partial charge >= 0.3 is 5.97 Å². The molecule has 2 aromatic rings. The van der Waals surface area contributed by atoms with Crippen molar-refractivity contribution in [3.05, 3.63) is 40.7 Å². The van der Waals surface area contributed by atoms with Gasteiger partial charge < -0.3 is 10.4 Å². The molecule has 2 rings (SSSR count). The van der Waals surface area contributed by atoms with Crippen LogP contribution in [0.25, 0.3) is 11.3 Å². The number of benzene rings is 1. The highest BCUT2D eigenvalue weighted by Crippen LogP contribution is 2.21. The Hall–Kier alpha value is -2.21. The highest BCUT2D eigenvalue weighted by molar-refractivity contribution is 7.10. The van der Waals surface area contributed by atoms with Gasteiger partial charge in [-0.15, -0.1) is 11.3 Å². The van der Waals surface area contributed by atoms with Gasteiger partial charge in [-0.25, -0.2) is 9.78 Å². The van der Waals surface area contributed by atoms with E-state index in [0.29, 0.717) is 17.8 Å². The van der Waals surface area contributed by atoms with Crippen LogP contribution in [0.1, 0.15) is 24.8 Å². The first-order valence-corrected chi connectivity index (χ1v) is 8.00. The molecule has 1 aromatic carbocycles. The lowest BCUT2D eigenvalue weighted by atomic mass is 10.1. The summed E-state index contributed by atoms with van der Waals surface area (Å²) in [4.78, 5) is 27.4. The minimum Gasteiger partial charge on any atom is -0.480 e. The molecule has 0 saturated heterocycles. The van der Waals surface area contributed by atoms with Gasteiger partial charge in [-0.3, -0.25) is 4.79 Å². The van der Waals surface area contributed by atoms with E-state index in [1.54, 1.807) is 0 Å². The minimum absolute atomic E-state index is 0.102. The quantitative estimate of drug-likeness (QED) is 0.822. The van der Waals surface area contributed by atoms with E-state index in [4.69, 9.17) is 5.11 Å². The first kappa shape index (κ1) is 16.2. The van der Waals surface area contributed by atoms with Gasteiger partial charge in [-0.1, -0.05) is 43.7 Å². The largest absolute Gasteiger partial charge is 0.480 e. The van der Waals surface area contributed by atoms with Crippen molar-refractivity contribution in [2.75, 3.05) is 0 Å². The molecule has 0 spiro atoms. The lowest BCUT2D eigenvalue weighted by molar-refractivity contribution is -0.141. The molecule has 0 aliphatic rings. The van der Waals surface area contributed by atoms with E-state index < -0.39 is 12.0 Å². The van der Waals surface area contributed by atoms with Crippen molar-refractivity contribution in [2.45, 2.75) is 32.2 Å². The van der Waals surface area contributed by atoms with Gasteiger partial charge in [-0.05, 0) is 6.42 Å². The number of nitrogens with one attached hydrogen (secondary N) is 1. The number of carboxylic acid groups (broad SMARTS) is 1. The number of carbonyl (C=O) groups is 2. The first-order valence-electron chi connectivity index (χ1n) is 7.12. The van der Waals surface area contributed by atoms with Gasteiger partial charge in [0.25, 0.3) is 0 Å². The summed E-state index contributed by atoms with van der Waals surface area (Å²) >= 11 is 1.40. The average molecular weight is 318 g/mol. The predicted octanol–water partition coefficient (Wildman–Crippen LogP) is 2.72. The molecule has 5 nitrogen and oxygen atoms in total. The number of carboxylic acids is 1. The molecule has 1 atom stereocenters. The van der Waals surface area contributed by atoms with Crippen LogP contribution in [0.15, 0.2) is 35.7 Å². The molecule has 1 unspecified atom stereocenters. The van der Waals surface area contributed by atoms with Crippen LogP contribution in [0.2, 0.25) is 0 Å². The topological polar surface area (TPSA) is 79.3 Å². The molecular weight excluding hydrogens is 300 g/mol. The molecular formula is C16H18N2O3S. The number of nitrogens with zero attached hydrogens (tertiary/aromatic N) is 1. The van der Waals surface area contributed by atoms with Crippen LogP contribution in [0, 0.1) is 0 Å². The summed E-state index contributed by atoms with van der Waals surface area (Å²) in [6.07, 6.45) is 1.23. The van der Waals surface area contributed by atoms with E-state index in [1.165, 1.54) is 11.3 Å². The molecule has 1 heterocycles. The maximum atomic E-state index is 11.9. The van der Waals surface area contributed by atoms with Crippen molar-refractivity contribution in [1.29, 1.82) is 0 Å². The molecule has 0 aliphatic heterocycles. The molecule has 116 valence electrons. The van der Waals surface area contributed by atoms with E-state index >= 15 is 0 Å². The Labute approximate surface area is 133 Å². The number of aliphatic carboxylic acids is 1. The van der Waals surface area contributed by atoms with Gasteiger partial charge in [0, 0.05) is 10.9 Å².